The molecule has 0 bridgehead atoms. The molecule has 4 nitrogen and oxygen atoms in total. The minimum absolute atomic E-state index is 0.102. The van der Waals surface area contributed by atoms with E-state index in [0.717, 1.165) is 12.1 Å². The molecule has 124 valence electrons. The van der Waals surface area contributed by atoms with Crippen molar-refractivity contribution in [3.05, 3.63) is 35.1 Å². The maximum atomic E-state index is 13.0. The van der Waals surface area contributed by atoms with E-state index >= 15 is 0 Å². The molecule has 0 aliphatic heterocycles. The second-order valence-electron chi connectivity index (χ2n) is 4.74. The zero-order chi connectivity index (χ0) is 16.8. The summed E-state index contributed by atoms with van der Waals surface area (Å²) >= 11 is 0. The van der Waals surface area contributed by atoms with Gasteiger partial charge in [0.1, 0.15) is 5.82 Å². The Morgan fingerprint density at radius 2 is 2.05 bits per heavy atom. The molecule has 22 heavy (non-hydrogen) atoms. The third-order valence-electron chi connectivity index (χ3n) is 3.12. The predicted octanol–water partition coefficient (Wildman–Crippen LogP) is 2.80. The van der Waals surface area contributed by atoms with E-state index in [0.29, 0.717) is 18.9 Å². The van der Waals surface area contributed by atoms with Gasteiger partial charge < -0.3 is 15.7 Å². The maximum absolute atomic E-state index is 13.0. The Kier molecular flexibility index (Phi) is 6.61. The molecular weight excluding hydrogens is 304 g/mol. The van der Waals surface area contributed by atoms with Gasteiger partial charge >= 0.3 is 12.2 Å². The summed E-state index contributed by atoms with van der Waals surface area (Å²) in [5, 5.41) is 13.7. The molecule has 2 amide bonds. The average molecular weight is 322 g/mol. The van der Waals surface area contributed by atoms with Crippen LogP contribution in [0, 0.1) is 5.82 Å². The first-order valence-electron chi connectivity index (χ1n) is 6.78. The highest BCUT2D eigenvalue weighted by Gasteiger charge is 2.33. The van der Waals surface area contributed by atoms with Crippen LogP contribution in [-0.2, 0) is 12.7 Å². The summed E-state index contributed by atoms with van der Waals surface area (Å²) in [5.74, 6) is -0.991. The minimum Gasteiger partial charge on any atom is -0.396 e. The van der Waals surface area contributed by atoms with Crippen molar-refractivity contribution in [3.8, 4) is 0 Å². The first-order chi connectivity index (χ1) is 10.3. The van der Waals surface area contributed by atoms with Gasteiger partial charge in [-0.3, -0.25) is 0 Å². The summed E-state index contributed by atoms with van der Waals surface area (Å²) in [4.78, 5) is 11.6. The number of hydrogen-bond acceptors (Lipinski definition) is 2. The van der Waals surface area contributed by atoms with Crippen LogP contribution >= 0.6 is 0 Å². The number of hydrogen-bond donors (Lipinski definition) is 3. The SMILES string of the molecule is CCC(CCO)NC(=O)NCc1ccc(F)cc1C(F)(F)F. The van der Waals surface area contributed by atoms with Crippen LogP contribution in [0.4, 0.5) is 22.4 Å². The highest BCUT2D eigenvalue weighted by Crippen LogP contribution is 2.32. The van der Waals surface area contributed by atoms with E-state index in [1.54, 1.807) is 0 Å². The second-order valence-corrected chi connectivity index (χ2v) is 4.74. The monoisotopic (exact) mass is 322 g/mol. The number of aliphatic hydroxyl groups is 1. The number of urea groups is 1. The van der Waals surface area contributed by atoms with E-state index in [-0.39, 0.29) is 24.8 Å². The number of halogens is 4. The molecule has 3 N–H and O–H groups in total. The van der Waals surface area contributed by atoms with Gasteiger partial charge in [-0.1, -0.05) is 13.0 Å². The Labute approximate surface area is 125 Å². The number of rotatable bonds is 6. The van der Waals surface area contributed by atoms with Crippen molar-refractivity contribution in [2.24, 2.45) is 0 Å². The fourth-order valence-electron chi connectivity index (χ4n) is 1.91. The lowest BCUT2D eigenvalue weighted by Gasteiger charge is -2.17. The molecule has 0 saturated carbocycles. The molecule has 0 aliphatic rings. The number of amides is 2. The highest BCUT2D eigenvalue weighted by atomic mass is 19.4. The maximum Gasteiger partial charge on any atom is 0.416 e. The van der Waals surface area contributed by atoms with Gasteiger partial charge in [-0.05, 0) is 30.5 Å². The van der Waals surface area contributed by atoms with Crippen LogP contribution in [0.5, 0.6) is 0 Å². The van der Waals surface area contributed by atoms with E-state index in [4.69, 9.17) is 5.11 Å². The fourth-order valence-corrected chi connectivity index (χ4v) is 1.91. The summed E-state index contributed by atoms with van der Waals surface area (Å²) < 4.78 is 51.3. The van der Waals surface area contributed by atoms with Gasteiger partial charge in [-0.15, -0.1) is 0 Å². The van der Waals surface area contributed by atoms with Gasteiger partial charge in [0.25, 0.3) is 0 Å². The van der Waals surface area contributed by atoms with Crippen molar-refractivity contribution in [2.75, 3.05) is 6.61 Å². The molecule has 0 spiro atoms. The Hall–Kier alpha value is -1.83. The average Bonchev–Trinajstić information content (AvgIpc) is 2.44. The van der Waals surface area contributed by atoms with Crippen molar-refractivity contribution >= 4 is 6.03 Å². The van der Waals surface area contributed by atoms with Crippen molar-refractivity contribution in [2.45, 2.75) is 38.5 Å². The standard InChI is InChI=1S/C14H18F4N2O2/c1-2-11(5-6-21)20-13(22)19-8-9-3-4-10(15)7-12(9)14(16,17)18/h3-4,7,11,21H,2,5-6,8H2,1H3,(H2,19,20,22). The van der Waals surface area contributed by atoms with E-state index in [2.05, 4.69) is 10.6 Å². The third-order valence-corrected chi connectivity index (χ3v) is 3.12. The lowest BCUT2D eigenvalue weighted by atomic mass is 10.1. The summed E-state index contributed by atoms with van der Waals surface area (Å²) in [5.41, 5.74) is -1.34. The number of carbonyl (C=O) groups is 1. The first kappa shape index (κ1) is 18.2. The fraction of sp³-hybridized carbons (Fsp3) is 0.500. The predicted molar refractivity (Wildman–Crippen MR) is 72.6 cm³/mol. The Morgan fingerprint density at radius 3 is 2.59 bits per heavy atom. The van der Waals surface area contributed by atoms with E-state index in [1.165, 1.54) is 0 Å². The molecule has 1 aromatic carbocycles. The van der Waals surface area contributed by atoms with Gasteiger partial charge in [-0.2, -0.15) is 13.2 Å². The van der Waals surface area contributed by atoms with Gasteiger partial charge in [0, 0.05) is 19.2 Å². The van der Waals surface area contributed by atoms with Gasteiger partial charge in [0.05, 0.1) is 5.56 Å². The number of nitrogens with one attached hydrogen (secondary N) is 2. The van der Waals surface area contributed by atoms with Crippen LogP contribution in [0.15, 0.2) is 18.2 Å². The van der Waals surface area contributed by atoms with Crippen LogP contribution in [0.1, 0.15) is 30.9 Å². The molecule has 1 atom stereocenters. The second kappa shape index (κ2) is 7.98. The van der Waals surface area contributed by atoms with Crippen LogP contribution in [0.25, 0.3) is 0 Å². The molecule has 0 saturated heterocycles. The molecule has 0 aliphatic carbocycles. The normalized spacial score (nSPS) is 12.8. The third kappa shape index (κ3) is 5.51. The van der Waals surface area contributed by atoms with E-state index in [9.17, 15) is 22.4 Å². The molecule has 0 heterocycles. The molecule has 0 aromatic heterocycles. The zero-order valence-electron chi connectivity index (χ0n) is 12.0. The van der Waals surface area contributed by atoms with Crippen LogP contribution < -0.4 is 10.6 Å². The minimum atomic E-state index is -4.70. The molecule has 1 rings (SSSR count). The summed E-state index contributed by atoms with van der Waals surface area (Å²) in [7, 11) is 0. The van der Waals surface area contributed by atoms with Crippen LogP contribution in [-0.4, -0.2) is 23.8 Å². The quantitative estimate of drug-likeness (QED) is 0.705. The molecule has 0 radical (unpaired) electrons. The zero-order valence-corrected chi connectivity index (χ0v) is 12.0. The van der Waals surface area contributed by atoms with E-state index < -0.39 is 23.6 Å². The summed E-state index contributed by atoms with van der Waals surface area (Å²) in [6.07, 6.45) is -3.76. The number of carbonyl (C=O) groups excluding carboxylic acids is 1. The summed E-state index contributed by atoms with van der Waals surface area (Å²) in [6, 6.07) is 1.39. The van der Waals surface area contributed by atoms with Crippen molar-refractivity contribution < 1.29 is 27.5 Å². The molecule has 8 heteroatoms. The van der Waals surface area contributed by atoms with E-state index in [1.807, 2.05) is 6.92 Å². The lowest BCUT2D eigenvalue weighted by Crippen LogP contribution is -2.42. The van der Waals surface area contributed by atoms with Crippen molar-refractivity contribution in [1.29, 1.82) is 0 Å². The molecule has 0 fully saturated rings. The number of aliphatic hydroxyl groups excluding tert-OH is 1. The lowest BCUT2D eigenvalue weighted by molar-refractivity contribution is -0.138. The molecule has 1 unspecified atom stereocenters. The Bertz CT molecular complexity index is 506. The number of benzene rings is 1. The van der Waals surface area contributed by atoms with Crippen molar-refractivity contribution in [3.63, 3.8) is 0 Å². The van der Waals surface area contributed by atoms with Gasteiger partial charge in [-0.25, -0.2) is 9.18 Å². The number of alkyl halides is 3. The molecular formula is C14H18F4N2O2. The first-order valence-corrected chi connectivity index (χ1v) is 6.78. The van der Waals surface area contributed by atoms with Gasteiger partial charge in [0.15, 0.2) is 0 Å². The van der Waals surface area contributed by atoms with Crippen molar-refractivity contribution in [1.82, 2.24) is 10.6 Å². The topological polar surface area (TPSA) is 61.4 Å². The summed E-state index contributed by atoms with van der Waals surface area (Å²) in [6.45, 7) is 1.33. The highest BCUT2D eigenvalue weighted by molar-refractivity contribution is 5.74. The van der Waals surface area contributed by atoms with Crippen LogP contribution in [0.2, 0.25) is 0 Å². The Balaban J connectivity index is 2.70. The Morgan fingerprint density at radius 1 is 1.36 bits per heavy atom. The smallest absolute Gasteiger partial charge is 0.396 e. The van der Waals surface area contributed by atoms with Crippen LogP contribution in [0.3, 0.4) is 0 Å². The largest absolute Gasteiger partial charge is 0.416 e. The molecule has 1 aromatic rings. The van der Waals surface area contributed by atoms with Gasteiger partial charge in [0.2, 0.25) is 0 Å².